The first kappa shape index (κ1) is 17.1. The van der Waals surface area contributed by atoms with Crippen molar-refractivity contribution in [3.63, 3.8) is 0 Å². The number of carbonyl (C=O) groups excluding carboxylic acids is 2. The van der Waals surface area contributed by atoms with Crippen molar-refractivity contribution >= 4 is 11.8 Å². The second-order valence-corrected chi connectivity index (χ2v) is 7.34. The van der Waals surface area contributed by atoms with Gasteiger partial charge in [0, 0.05) is 6.54 Å². The summed E-state index contributed by atoms with van der Waals surface area (Å²) in [6.07, 6.45) is 3.60. The molecule has 2 fully saturated rings. The fourth-order valence-corrected chi connectivity index (χ4v) is 4.14. The maximum atomic E-state index is 12.8. The van der Waals surface area contributed by atoms with Gasteiger partial charge in [-0.05, 0) is 50.4 Å². The third-order valence-corrected chi connectivity index (χ3v) is 5.54. The number of nitrogens with zero attached hydrogens (tertiary/aromatic N) is 1. The fourth-order valence-electron chi connectivity index (χ4n) is 4.14. The highest BCUT2D eigenvalue weighted by molar-refractivity contribution is 5.97. The molecule has 0 aliphatic carbocycles. The number of hydrogen-bond acceptors (Lipinski definition) is 5. The first-order chi connectivity index (χ1) is 12.6. The van der Waals surface area contributed by atoms with Gasteiger partial charge in [0.15, 0.2) is 0 Å². The normalized spacial score (nSPS) is 28.1. The third kappa shape index (κ3) is 3.11. The highest BCUT2D eigenvalue weighted by Crippen LogP contribution is 2.34. The van der Waals surface area contributed by atoms with Crippen molar-refractivity contribution in [3.05, 3.63) is 23.8 Å². The lowest BCUT2D eigenvalue weighted by Gasteiger charge is -2.42. The van der Waals surface area contributed by atoms with E-state index in [-0.39, 0.29) is 17.9 Å². The van der Waals surface area contributed by atoms with E-state index >= 15 is 0 Å². The first-order valence-corrected chi connectivity index (χ1v) is 9.28. The van der Waals surface area contributed by atoms with Gasteiger partial charge in [0.1, 0.15) is 17.1 Å². The Kier molecular flexibility index (Phi) is 4.48. The lowest BCUT2D eigenvalue weighted by molar-refractivity contribution is -0.138. The number of rotatable bonds is 2. The minimum absolute atomic E-state index is 0.0814. The Balaban J connectivity index is 1.57. The van der Waals surface area contributed by atoms with E-state index in [0.717, 1.165) is 38.8 Å². The van der Waals surface area contributed by atoms with Gasteiger partial charge in [0.25, 0.3) is 5.91 Å². The summed E-state index contributed by atoms with van der Waals surface area (Å²) in [4.78, 5) is 27.2. The van der Waals surface area contributed by atoms with Crippen molar-refractivity contribution < 1.29 is 19.1 Å². The molecule has 0 saturated carbocycles. The van der Waals surface area contributed by atoms with E-state index in [4.69, 9.17) is 9.47 Å². The van der Waals surface area contributed by atoms with E-state index < -0.39 is 5.60 Å². The Bertz CT molecular complexity index is 717. The minimum Gasteiger partial charge on any atom is -0.497 e. The Morgan fingerprint density at radius 3 is 3.04 bits per heavy atom. The minimum atomic E-state index is -0.581. The summed E-state index contributed by atoms with van der Waals surface area (Å²) < 4.78 is 11.6. The van der Waals surface area contributed by atoms with Gasteiger partial charge in [-0.25, -0.2) is 0 Å². The predicted molar refractivity (Wildman–Crippen MR) is 95.5 cm³/mol. The van der Waals surface area contributed by atoms with Crippen LogP contribution >= 0.6 is 0 Å². The standard InChI is InChI=1S/C19H25N3O4/c1-25-13-5-6-16-14(10-13)17(23)21-11-19(26-16)7-3-9-22(12-19)18(24)15-4-2-8-20-15/h5-6,10,15,20H,2-4,7-9,11-12H2,1H3,(H,21,23)/t15-,19+/m0/s1. The molecule has 26 heavy (non-hydrogen) atoms. The van der Waals surface area contributed by atoms with E-state index in [0.29, 0.717) is 30.2 Å². The second kappa shape index (κ2) is 6.79. The zero-order chi connectivity index (χ0) is 18.1. The van der Waals surface area contributed by atoms with Crippen LogP contribution in [0, 0.1) is 0 Å². The zero-order valence-electron chi connectivity index (χ0n) is 15.0. The molecular formula is C19H25N3O4. The summed E-state index contributed by atoms with van der Waals surface area (Å²) in [5.74, 6) is 1.15. The van der Waals surface area contributed by atoms with Gasteiger partial charge in [-0.3, -0.25) is 9.59 Å². The Labute approximate surface area is 153 Å². The number of nitrogens with one attached hydrogen (secondary N) is 2. The molecule has 7 heteroatoms. The molecule has 0 unspecified atom stereocenters. The molecule has 0 bridgehead atoms. The molecule has 0 radical (unpaired) electrons. The molecule has 2 atom stereocenters. The van der Waals surface area contributed by atoms with Crippen LogP contribution in [0.5, 0.6) is 11.5 Å². The molecule has 7 nitrogen and oxygen atoms in total. The number of amides is 2. The Morgan fingerprint density at radius 1 is 1.38 bits per heavy atom. The SMILES string of the molecule is COc1ccc2c(c1)C(=O)NC[C@@]1(CCCN(C(=O)[C@@H]3CCCN3)C1)O2. The average Bonchev–Trinajstić information content (AvgIpc) is 3.17. The number of ether oxygens (including phenoxy) is 2. The highest BCUT2D eigenvalue weighted by Gasteiger charge is 2.43. The molecule has 3 heterocycles. The maximum Gasteiger partial charge on any atom is 0.255 e. The first-order valence-electron chi connectivity index (χ1n) is 9.28. The quantitative estimate of drug-likeness (QED) is 0.821. The van der Waals surface area contributed by atoms with Gasteiger partial charge >= 0.3 is 0 Å². The molecule has 2 amide bonds. The topological polar surface area (TPSA) is 79.9 Å². The number of methoxy groups -OCH3 is 1. The highest BCUT2D eigenvalue weighted by atomic mass is 16.5. The number of likely N-dealkylation sites (tertiary alicyclic amines) is 1. The lowest BCUT2D eigenvalue weighted by Crippen LogP contribution is -2.59. The van der Waals surface area contributed by atoms with E-state index in [2.05, 4.69) is 10.6 Å². The monoisotopic (exact) mass is 359 g/mol. The molecule has 4 rings (SSSR count). The summed E-state index contributed by atoms with van der Waals surface area (Å²) in [6.45, 7) is 2.53. The Hall–Kier alpha value is -2.28. The van der Waals surface area contributed by atoms with Crippen LogP contribution in [0.2, 0.25) is 0 Å². The van der Waals surface area contributed by atoms with E-state index in [1.54, 1.807) is 25.3 Å². The maximum absolute atomic E-state index is 12.8. The van der Waals surface area contributed by atoms with Crippen molar-refractivity contribution in [2.75, 3.05) is 33.3 Å². The number of hydrogen-bond donors (Lipinski definition) is 2. The summed E-state index contributed by atoms with van der Waals surface area (Å²) in [6, 6.07) is 5.18. The van der Waals surface area contributed by atoms with Crippen LogP contribution in [0.3, 0.4) is 0 Å². The number of fused-ring (bicyclic) bond motifs is 1. The largest absolute Gasteiger partial charge is 0.497 e. The van der Waals surface area contributed by atoms with E-state index in [1.165, 1.54) is 0 Å². The van der Waals surface area contributed by atoms with Gasteiger partial charge in [0.2, 0.25) is 5.91 Å². The van der Waals surface area contributed by atoms with Gasteiger partial charge in [-0.15, -0.1) is 0 Å². The van der Waals surface area contributed by atoms with Crippen molar-refractivity contribution in [1.82, 2.24) is 15.5 Å². The van der Waals surface area contributed by atoms with Gasteiger partial charge < -0.3 is 25.0 Å². The average molecular weight is 359 g/mol. The fraction of sp³-hybridized carbons (Fsp3) is 0.579. The van der Waals surface area contributed by atoms with E-state index in [9.17, 15) is 9.59 Å². The second-order valence-electron chi connectivity index (χ2n) is 7.34. The van der Waals surface area contributed by atoms with Crippen LogP contribution in [0.25, 0.3) is 0 Å². The molecule has 2 N–H and O–H groups in total. The molecule has 3 aliphatic rings. The van der Waals surface area contributed by atoms with Crippen molar-refractivity contribution in [3.8, 4) is 11.5 Å². The van der Waals surface area contributed by atoms with E-state index in [1.807, 2.05) is 4.90 Å². The molecule has 140 valence electrons. The summed E-state index contributed by atoms with van der Waals surface area (Å²) >= 11 is 0. The summed E-state index contributed by atoms with van der Waals surface area (Å²) in [5.41, 5.74) is -0.107. The van der Waals surface area contributed by atoms with Crippen LogP contribution in [-0.2, 0) is 4.79 Å². The third-order valence-electron chi connectivity index (χ3n) is 5.54. The molecule has 2 saturated heterocycles. The van der Waals surface area contributed by atoms with Gasteiger partial charge in [-0.2, -0.15) is 0 Å². The van der Waals surface area contributed by atoms with Crippen LogP contribution in [-0.4, -0.2) is 61.6 Å². The van der Waals surface area contributed by atoms with Gasteiger partial charge in [-0.1, -0.05) is 0 Å². The lowest BCUT2D eigenvalue weighted by atomic mass is 9.91. The number of carbonyl (C=O) groups is 2. The zero-order valence-corrected chi connectivity index (χ0v) is 15.0. The molecule has 1 aromatic carbocycles. The van der Waals surface area contributed by atoms with Gasteiger partial charge in [0.05, 0.1) is 31.8 Å². The molecule has 3 aliphatic heterocycles. The number of benzene rings is 1. The van der Waals surface area contributed by atoms with Crippen LogP contribution < -0.4 is 20.1 Å². The van der Waals surface area contributed by atoms with Crippen LogP contribution in [0.4, 0.5) is 0 Å². The van der Waals surface area contributed by atoms with Crippen molar-refractivity contribution in [2.45, 2.75) is 37.3 Å². The molecular weight excluding hydrogens is 334 g/mol. The van der Waals surface area contributed by atoms with Crippen LogP contribution in [0.1, 0.15) is 36.0 Å². The molecule has 1 aromatic rings. The Morgan fingerprint density at radius 2 is 2.27 bits per heavy atom. The summed E-state index contributed by atoms with van der Waals surface area (Å²) in [7, 11) is 1.57. The smallest absolute Gasteiger partial charge is 0.255 e. The molecule has 0 aromatic heterocycles. The summed E-state index contributed by atoms with van der Waals surface area (Å²) in [5, 5.41) is 6.25. The van der Waals surface area contributed by atoms with Crippen molar-refractivity contribution in [2.24, 2.45) is 0 Å². The molecule has 1 spiro atoms. The van der Waals surface area contributed by atoms with Crippen LogP contribution in [0.15, 0.2) is 18.2 Å². The van der Waals surface area contributed by atoms with Crippen molar-refractivity contribution in [1.29, 1.82) is 0 Å². The predicted octanol–water partition coefficient (Wildman–Crippen LogP) is 0.931. The number of piperidine rings is 1.